The molecule has 0 saturated heterocycles. The zero-order valence-electron chi connectivity index (χ0n) is 10.8. The molecule has 0 aromatic heterocycles. The van der Waals surface area contributed by atoms with E-state index in [0.29, 0.717) is 23.7 Å². The molecule has 5 nitrogen and oxygen atoms in total. The first-order chi connectivity index (χ1) is 8.15. The Morgan fingerprint density at radius 1 is 1.11 bits per heavy atom. The molecule has 1 rings (SSSR count). The van der Waals surface area contributed by atoms with Gasteiger partial charge < -0.3 is 25.1 Å². The monoisotopic (exact) mass is 277 g/mol. The molecule has 0 aliphatic carbocycles. The lowest BCUT2D eigenvalue weighted by molar-refractivity contribution is 0.263. The van der Waals surface area contributed by atoms with E-state index in [9.17, 15) is 0 Å². The second-order valence-electron chi connectivity index (χ2n) is 3.66. The molecule has 0 radical (unpaired) electrons. The number of methoxy groups -OCH3 is 3. The Kier molecular flexibility index (Phi) is 7.50. The minimum absolute atomic E-state index is 0. The van der Waals surface area contributed by atoms with E-state index >= 15 is 0 Å². The first kappa shape index (κ1) is 16.8. The number of benzene rings is 1. The van der Waals surface area contributed by atoms with Gasteiger partial charge in [0.1, 0.15) is 17.2 Å². The molecule has 3 N–H and O–H groups in total. The fraction of sp³-hybridized carbons (Fsp3) is 0.500. The van der Waals surface area contributed by atoms with Gasteiger partial charge in [0.2, 0.25) is 0 Å². The Balaban J connectivity index is 0.00000289. The predicted octanol–water partition coefficient (Wildman–Crippen LogP) is 0.996. The van der Waals surface area contributed by atoms with Crippen molar-refractivity contribution in [1.82, 2.24) is 0 Å². The van der Waals surface area contributed by atoms with Crippen LogP contribution in [0, 0.1) is 0 Å². The third-order valence-corrected chi connectivity index (χ3v) is 2.52. The molecule has 0 saturated carbocycles. The van der Waals surface area contributed by atoms with E-state index < -0.39 is 0 Å². The number of halogens is 1. The van der Waals surface area contributed by atoms with Gasteiger partial charge in [-0.1, -0.05) is 0 Å². The lowest BCUT2D eigenvalue weighted by atomic mass is 10.0. The van der Waals surface area contributed by atoms with Crippen molar-refractivity contribution in [2.24, 2.45) is 5.73 Å². The fourth-order valence-corrected chi connectivity index (χ4v) is 1.61. The molecule has 6 heteroatoms. The molecule has 0 aliphatic heterocycles. The predicted molar refractivity (Wildman–Crippen MR) is 72.1 cm³/mol. The molecule has 0 heterocycles. The third-order valence-electron chi connectivity index (χ3n) is 2.52. The summed E-state index contributed by atoms with van der Waals surface area (Å²) < 4.78 is 15.7. The smallest absolute Gasteiger partial charge is 0.129 e. The lowest BCUT2D eigenvalue weighted by Crippen LogP contribution is -2.27. The fourth-order valence-electron chi connectivity index (χ4n) is 1.61. The number of aliphatic hydroxyl groups excluding tert-OH is 1. The van der Waals surface area contributed by atoms with E-state index in [1.54, 1.807) is 33.5 Å². The van der Waals surface area contributed by atoms with Gasteiger partial charge in [-0.25, -0.2) is 0 Å². The van der Waals surface area contributed by atoms with Gasteiger partial charge in [0, 0.05) is 23.7 Å². The summed E-state index contributed by atoms with van der Waals surface area (Å²) in [7, 11) is 4.72. The molecule has 18 heavy (non-hydrogen) atoms. The molecule has 0 bridgehead atoms. The van der Waals surface area contributed by atoms with E-state index in [1.807, 2.05) is 0 Å². The average molecular weight is 278 g/mol. The summed E-state index contributed by atoms with van der Waals surface area (Å²) in [5.41, 5.74) is 6.56. The SMILES string of the molecule is COc1cc(OC)c(CC(N)CO)c(OC)c1.Cl. The first-order valence-corrected chi connectivity index (χ1v) is 5.31. The third kappa shape index (κ3) is 3.94. The van der Waals surface area contributed by atoms with Gasteiger partial charge in [0.25, 0.3) is 0 Å². The molecule has 104 valence electrons. The van der Waals surface area contributed by atoms with Crippen LogP contribution in [-0.4, -0.2) is 39.1 Å². The minimum Gasteiger partial charge on any atom is -0.496 e. The van der Waals surface area contributed by atoms with Gasteiger partial charge in [-0.2, -0.15) is 0 Å². The van der Waals surface area contributed by atoms with Gasteiger partial charge in [0.15, 0.2) is 0 Å². The maximum absolute atomic E-state index is 8.99. The van der Waals surface area contributed by atoms with Crippen molar-refractivity contribution in [3.05, 3.63) is 17.7 Å². The molecule has 1 aromatic rings. The number of hydrogen-bond acceptors (Lipinski definition) is 5. The highest BCUT2D eigenvalue weighted by molar-refractivity contribution is 5.85. The maximum atomic E-state index is 8.99. The summed E-state index contributed by atoms with van der Waals surface area (Å²) in [5, 5.41) is 8.99. The highest BCUT2D eigenvalue weighted by Crippen LogP contribution is 2.34. The van der Waals surface area contributed by atoms with E-state index in [-0.39, 0.29) is 25.1 Å². The van der Waals surface area contributed by atoms with Gasteiger partial charge in [-0.05, 0) is 6.42 Å². The summed E-state index contributed by atoms with van der Waals surface area (Å²) in [4.78, 5) is 0. The van der Waals surface area contributed by atoms with Crippen LogP contribution in [0.1, 0.15) is 5.56 Å². The van der Waals surface area contributed by atoms with E-state index in [0.717, 1.165) is 5.56 Å². The molecular formula is C12H20ClNO4. The van der Waals surface area contributed by atoms with Crippen LogP contribution < -0.4 is 19.9 Å². The highest BCUT2D eigenvalue weighted by atomic mass is 35.5. The minimum atomic E-state index is -0.341. The molecule has 0 fully saturated rings. The normalized spacial score (nSPS) is 11.4. The zero-order chi connectivity index (χ0) is 12.8. The van der Waals surface area contributed by atoms with Gasteiger partial charge in [-0.15, -0.1) is 12.4 Å². The Morgan fingerprint density at radius 2 is 1.61 bits per heavy atom. The average Bonchev–Trinajstić information content (AvgIpc) is 2.38. The quantitative estimate of drug-likeness (QED) is 0.811. The van der Waals surface area contributed by atoms with Crippen molar-refractivity contribution in [2.75, 3.05) is 27.9 Å². The van der Waals surface area contributed by atoms with Crippen LogP contribution >= 0.6 is 12.4 Å². The number of hydrogen-bond donors (Lipinski definition) is 2. The van der Waals surface area contributed by atoms with Gasteiger partial charge >= 0.3 is 0 Å². The molecular weight excluding hydrogens is 258 g/mol. The van der Waals surface area contributed by atoms with E-state index in [1.165, 1.54) is 0 Å². The number of rotatable bonds is 6. The van der Waals surface area contributed by atoms with Crippen LogP contribution in [0.2, 0.25) is 0 Å². The van der Waals surface area contributed by atoms with Crippen molar-refractivity contribution in [1.29, 1.82) is 0 Å². The van der Waals surface area contributed by atoms with E-state index in [4.69, 9.17) is 25.1 Å². The summed E-state index contributed by atoms with van der Waals surface area (Å²) in [5.74, 6) is 1.94. The van der Waals surface area contributed by atoms with Crippen LogP contribution in [0.15, 0.2) is 12.1 Å². The Hall–Kier alpha value is -1.17. The Labute approximate surface area is 113 Å². The second-order valence-corrected chi connectivity index (χ2v) is 3.66. The van der Waals surface area contributed by atoms with Crippen molar-refractivity contribution in [2.45, 2.75) is 12.5 Å². The van der Waals surface area contributed by atoms with Crippen LogP contribution in [0.25, 0.3) is 0 Å². The standard InChI is InChI=1S/C12H19NO4.ClH/c1-15-9-5-11(16-2)10(4-8(13)7-14)12(6-9)17-3;/h5-6,8,14H,4,7,13H2,1-3H3;1H. The second kappa shape index (κ2) is 8.02. The molecule has 1 atom stereocenters. The van der Waals surface area contributed by atoms with Crippen molar-refractivity contribution < 1.29 is 19.3 Å². The van der Waals surface area contributed by atoms with Crippen molar-refractivity contribution >= 4 is 12.4 Å². The molecule has 1 unspecified atom stereocenters. The van der Waals surface area contributed by atoms with Crippen molar-refractivity contribution in [3.8, 4) is 17.2 Å². The number of aliphatic hydroxyl groups is 1. The van der Waals surface area contributed by atoms with Crippen LogP contribution in [-0.2, 0) is 6.42 Å². The number of ether oxygens (including phenoxy) is 3. The van der Waals surface area contributed by atoms with Gasteiger partial charge in [0.05, 0.1) is 27.9 Å². The molecule has 0 spiro atoms. The molecule has 0 aliphatic rings. The molecule has 1 aromatic carbocycles. The molecule has 0 amide bonds. The topological polar surface area (TPSA) is 73.9 Å². The summed E-state index contributed by atoms with van der Waals surface area (Å²) in [6.45, 7) is -0.0850. The largest absolute Gasteiger partial charge is 0.496 e. The Morgan fingerprint density at radius 3 is 1.94 bits per heavy atom. The summed E-state index contributed by atoms with van der Waals surface area (Å²) in [6.07, 6.45) is 0.479. The summed E-state index contributed by atoms with van der Waals surface area (Å²) >= 11 is 0. The first-order valence-electron chi connectivity index (χ1n) is 5.31. The van der Waals surface area contributed by atoms with E-state index in [2.05, 4.69) is 0 Å². The van der Waals surface area contributed by atoms with Gasteiger partial charge in [-0.3, -0.25) is 0 Å². The van der Waals surface area contributed by atoms with Crippen LogP contribution in [0.5, 0.6) is 17.2 Å². The zero-order valence-corrected chi connectivity index (χ0v) is 11.6. The van der Waals surface area contributed by atoms with Crippen LogP contribution in [0.3, 0.4) is 0 Å². The maximum Gasteiger partial charge on any atom is 0.129 e. The number of nitrogens with two attached hydrogens (primary N) is 1. The van der Waals surface area contributed by atoms with Crippen LogP contribution in [0.4, 0.5) is 0 Å². The highest BCUT2D eigenvalue weighted by Gasteiger charge is 2.15. The Bertz CT molecular complexity index is 348. The lowest BCUT2D eigenvalue weighted by Gasteiger charge is -2.17. The summed E-state index contributed by atoms with van der Waals surface area (Å²) in [6, 6.07) is 3.19. The van der Waals surface area contributed by atoms with Crippen molar-refractivity contribution in [3.63, 3.8) is 0 Å².